The molecule has 0 bridgehead atoms. The second kappa shape index (κ2) is 9.52. The van der Waals surface area contributed by atoms with E-state index in [0.29, 0.717) is 12.5 Å². The molecule has 3 aromatic rings. The number of benzene rings is 2. The summed E-state index contributed by atoms with van der Waals surface area (Å²) < 4.78 is 6.04. The van der Waals surface area contributed by atoms with Crippen LogP contribution in [0.1, 0.15) is 33.1 Å². The van der Waals surface area contributed by atoms with Gasteiger partial charge in [0, 0.05) is 11.6 Å². The van der Waals surface area contributed by atoms with Crippen LogP contribution >= 0.6 is 0 Å². The molecule has 0 amide bonds. The number of pyridine rings is 1. The zero-order valence-corrected chi connectivity index (χ0v) is 16.9. The quantitative estimate of drug-likeness (QED) is 0.471. The average molecular weight is 375 g/mol. The Morgan fingerprint density at radius 3 is 2.11 bits per heavy atom. The highest BCUT2D eigenvalue weighted by Gasteiger charge is 2.14. The minimum atomic E-state index is 0.200. The van der Waals surface area contributed by atoms with E-state index in [-0.39, 0.29) is 5.41 Å². The van der Waals surface area contributed by atoms with E-state index in [4.69, 9.17) is 15.5 Å². The van der Waals surface area contributed by atoms with Gasteiger partial charge < -0.3 is 10.5 Å². The summed E-state index contributed by atoms with van der Waals surface area (Å²) in [5, 5.41) is 0. The Kier molecular flexibility index (Phi) is 6.83. The van der Waals surface area contributed by atoms with E-state index in [0.717, 1.165) is 48.2 Å². The second-order valence-corrected chi connectivity index (χ2v) is 7.99. The molecule has 0 radical (unpaired) electrons. The summed E-state index contributed by atoms with van der Waals surface area (Å²) in [6, 6.07) is 24.8. The highest BCUT2D eigenvalue weighted by atomic mass is 16.5. The smallest absolute Gasteiger partial charge is 0.214 e. The van der Waals surface area contributed by atoms with Crippen molar-refractivity contribution in [2.45, 2.75) is 33.1 Å². The Labute approximate surface area is 168 Å². The summed E-state index contributed by atoms with van der Waals surface area (Å²) in [6.07, 6.45) is 3.22. The van der Waals surface area contributed by atoms with Crippen LogP contribution in [0, 0.1) is 5.41 Å². The van der Waals surface area contributed by atoms with Crippen LogP contribution in [0.2, 0.25) is 0 Å². The third-order valence-corrected chi connectivity index (χ3v) is 5.03. The van der Waals surface area contributed by atoms with Gasteiger partial charge in [-0.2, -0.15) is 0 Å². The molecule has 0 aliphatic rings. The molecule has 146 valence electrons. The normalized spacial score (nSPS) is 11.4. The van der Waals surface area contributed by atoms with Gasteiger partial charge in [0.1, 0.15) is 0 Å². The molecule has 1 aromatic heterocycles. The van der Waals surface area contributed by atoms with Gasteiger partial charge in [0.05, 0.1) is 12.3 Å². The molecule has 0 aliphatic heterocycles. The Morgan fingerprint density at radius 1 is 0.821 bits per heavy atom. The van der Waals surface area contributed by atoms with Gasteiger partial charge in [-0.1, -0.05) is 74.5 Å². The van der Waals surface area contributed by atoms with Crippen molar-refractivity contribution >= 4 is 0 Å². The van der Waals surface area contributed by atoms with Gasteiger partial charge in [-0.05, 0) is 48.4 Å². The van der Waals surface area contributed by atoms with Crippen LogP contribution < -0.4 is 10.5 Å². The Morgan fingerprint density at radius 2 is 1.46 bits per heavy atom. The lowest BCUT2D eigenvalue weighted by Crippen LogP contribution is -2.23. The maximum Gasteiger partial charge on any atom is 0.214 e. The van der Waals surface area contributed by atoms with Gasteiger partial charge >= 0.3 is 0 Å². The van der Waals surface area contributed by atoms with Crippen LogP contribution in [-0.4, -0.2) is 18.1 Å². The zero-order valence-electron chi connectivity index (χ0n) is 16.9. The molecule has 2 aromatic carbocycles. The third kappa shape index (κ3) is 5.67. The lowest BCUT2D eigenvalue weighted by molar-refractivity contribution is 0.272. The summed E-state index contributed by atoms with van der Waals surface area (Å²) in [6.45, 7) is 5.81. The van der Waals surface area contributed by atoms with Gasteiger partial charge in [0.15, 0.2) is 0 Å². The van der Waals surface area contributed by atoms with Gasteiger partial charge in [-0.3, -0.25) is 0 Å². The van der Waals surface area contributed by atoms with Crippen molar-refractivity contribution < 1.29 is 4.74 Å². The number of hydrogen-bond acceptors (Lipinski definition) is 3. The van der Waals surface area contributed by atoms with Crippen molar-refractivity contribution in [2.24, 2.45) is 11.1 Å². The van der Waals surface area contributed by atoms with E-state index in [9.17, 15) is 0 Å². The molecule has 28 heavy (non-hydrogen) atoms. The molecule has 1 heterocycles. The highest BCUT2D eigenvalue weighted by Crippen LogP contribution is 2.29. The fourth-order valence-electron chi connectivity index (χ4n) is 3.12. The zero-order chi connectivity index (χ0) is 19.8. The topological polar surface area (TPSA) is 48.1 Å². The molecular weight excluding hydrogens is 344 g/mol. The molecule has 0 atom stereocenters. The fraction of sp³-hybridized carbons (Fsp3) is 0.320. The van der Waals surface area contributed by atoms with Crippen LogP contribution in [0.15, 0.2) is 72.8 Å². The maximum atomic E-state index is 6.04. The first-order valence-electron chi connectivity index (χ1n) is 10.0. The molecule has 0 saturated heterocycles. The molecular formula is C25H30N2O. The van der Waals surface area contributed by atoms with Crippen molar-refractivity contribution in [1.29, 1.82) is 0 Å². The van der Waals surface area contributed by atoms with Crippen molar-refractivity contribution in [3.8, 4) is 28.3 Å². The SMILES string of the molecule is CC(C)(CN)CCCCOc1cc(-c2ccccc2)cc(-c2ccccc2)n1. The fourth-order valence-corrected chi connectivity index (χ4v) is 3.12. The van der Waals surface area contributed by atoms with Crippen LogP contribution in [0.4, 0.5) is 0 Å². The molecule has 3 rings (SSSR count). The Bertz CT molecular complexity index is 802. The van der Waals surface area contributed by atoms with Gasteiger partial charge in [-0.15, -0.1) is 0 Å². The molecule has 0 aliphatic carbocycles. The standard InChI is InChI=1S/C25H30N2O/c1-25(2,19-26)15-9-10-16-28-24-18-22(20-11-5-3-6-12-20)17-23(27-24)21-13-7-4-8-14-21/h3-8,11-14,17-18H,9-10,15-16,19,26H2,1-2H3. The molecule has 0 unspecified atom stereocenters. The number of rotatable bonds is 9. The lowest BCUT2D eigenvalue weighted by atomic mass is 9.87. The summed E-state index contributed by atoms with van der Waals surface area (Å²) in [5.74, 6) is 0.679. The second-order valence-electron chi connectivity index (χ2n) is 7.99. The maximum absolute atomic E-state index is 6.04. The predicted molar refractivity (Wildman–Crippen MR) is 117 cm³/mol. The summed E-state index contributed by atoms with van der Waals surface area (Å²) in [7, 11) is 0. The van der Waals surface area contributed by atoms with Crippen molar-refractivity contribution in [3.05, 3.63) is 72.8 Å². The first kappa shape index (κ1) is 20.1. The average Bonchev–Trinajstić information content (AvgIpc) is 2.74. The van der Waals surface area contributed by atoms with Gasteiger partial charge in [0.25, 0.3) is 0 Å². The third-order valence-electron chi connectivity index (χ3n) is 5.03. The molecule has 2 N–H and O–H groups in total. The van der Waals surface area contributed by atoms with Gasteiger partial charge in [0.2, 0.25) is 5.88 Å². The number of nitrogens with two attached hydrogens (primary N) is 1. The van der Waals surface area contributed by atoms with E-state index in [1.165, 1.54) is 0 Å². The number of nitrogens with zero attached hydrogens (tertiary/aromatic N) is 1. The van der Waals surface area contributed by atoms with Crippen molar-refractivity contribution in [2.75, 3.05) is 13.2 Å². The number of aromatic nitrogens is 1. The summed E-state index contributed by atoms with van der Waals surface area (Å²) >= 11 is 0. The Hall–Kier alpha value is -2.65. The van der Waals surface area contributed by atoms with E-state index in [1.807, 2.05) is 30.3 Å². The highest BCUT2D eigenvalue weighted by molar-refractivity contribution is 5.71. The first-order valence-corrected chi connectivity index (χ1v) is 10.0. The molecule has 3 nitrogen and oxygen atoms in total. The van der Waals surface area contributed by atoms with E-state index >= 15 is 0 Å². The summed E-state index contributed by atoms with van der Waals surface area (Å²) in [4.78, 5) is 4.75. The first-order chi connectivity index (χ1) is 13.6. The number of hydrogen-bond donors (Lipinski definition) is 1. The molecule has 0 spiro atoms. The van der Waals surface area contributed by atoms with E-state index in [1.54, 1.807) is 0 Å². The Balaban J connectivity index is 1.75. The molecule has 3 heteroatoms. The largest absolute Gasteiger partial charge is 0.478 e. The van der Waals surface area contributed by atoms with Crippen LogP contribution in [0.5, 0.6) is 5.88 Å². The van der Waals surface area contributed by atoms with Crippen molar-refractivity contribution in [1.82, 2.24) is 4.98 Å². The monoisotopic (exact) mass is 374 g/mol. The van der Waals surface area contributed by atoms with Crippen LogP contribution in [0.25, 0.3) is 22.4 Å². The number of unbranched alkanes of at least 4 members (excludes halogenated alkanes) is 1. The minimum Gasteiger partial charge on any atom is -0.478 e. The van der Waals surface area contributed by atoms with Gasteiger partial charge in [-0.25, -0.2) is 4.98 Å². The number of ether oxygens (including phenoxy) is 1. The molecule has 0 fully saturated rings. The summed E-state index contributed by atoms with van der Waals surface area (Å²) in [5.41, 5.74) is 10.3. The van der Waals surface area contributed by atoms with E-state index < -0.39 is 0 Å². The minimum absolute atomic E-state index is 0.200. The lowest BCUT2D eigenvalue weighted by Gasteiger charge is -2.21. The van der Waals surface area contributed by atoms with Crippen LogP contribution in [0.3, 0.4) is 0 Å². The van der Waals surface area contributed by atoms with E-state index in [2.05, 4.69) is 56.3 Å². The van der Waals surface area contributed by atoms with Crippen LogP contribution in [-0.2, 0) is 0 Å². The molecule has 0 saturated carbocycles. The van der Waals surface area contributed by atoms with Crippen molar-refractivity contribution in [3.63, 3.8) is 0 Å². The predicted octanol–water partition coefficient (Wildman–Crippen LogP) is 5.95.